The van der Waals surface area contributed by atoms with Crippen LogP contribution in [0.25, 0.3) is 0 Å². The number of hydrogen-bond acceptors (Lipinski definition) is 4. The van der Waals surface area contributed by atoms with Crippen LogP contribution in [0, 0.1) is 5.41 Å². The summed E-state index contributed by atoms with van der Waals surface area (Å²) in [5.41, 5.74) is 1.72. The highest BCUT2D eigenvalue weighted by Gasteiger charge is 2.33. The van der Waals surface area contributed by atoms with Crippen LogP contribution in [0.3, 0.4) is 0 Å². The van der Waals surface area contributed by atoms with Crippen LogP contribution in [0.4, 0.5) is 10.5 Å². The summed E-state index contributed by atoms with van der Waals surface area (Å²) in [4.78, 5) is 16.2. The number of carbonyl (C=O) groups is 1. The van der Waals surface area contributed by atoms with E-state index in [1.54, 1.807) is 7.11 Å². The lowest BCUT2D eigenvalue weighted by molar-refractivity contribution is 0.0636. The molecule has 0 radical (unpaired) electrons. The number of nitrogens with zero attached hydrogens (tertiary/aromatic N) is 1. The van der Waals surface area contributed by atoms with Gasteiger partial charge in [-0.1, -0.05) is 25.0 Å². The molecular weight excluding hydrogens is 392 g/mol. The molecule has 7 nitrogen and oxygen atoms in total. The standard InChI is InChI=1S/C24H40N4O3/c1-23(2,3)31-22(29)28-20-10-8-19(9-11-20)12-16-26-21(25-4)27-18-24(15-17-30-5)13-6-7-14-24/h8-11H,6-7,12-18H2,1-5H3,(H,28,29)(H2,25,26,27). The van der Waals surface area contributed by atoms with Gasteiger partial charge >= 0.3 is 6.09 Å². The van der Waals surface area contributed by atoms with Crippen molar-refractivity contribution in [2.75, 3.05) is 39.2 Å². The molecule has 31 heavy (non-hydrogen) atoms. The van der Waals surface area contributed by atoms with E-state index < -0.39 is 11.7 Å². The molecule has 0 unspecified atom stereocenters. The Bertz CT molecular complexity index is 705. The summed E-state index contributed by atoms with van der Waals surface area (Å²) >= 11 is 0. The highest BCUT2D eigenvalue weighted by atomic mass is 16.6. The molecule has 0 bridgehead atoms. The molecule has 0 spiro atoms. The fourth-order valence-corrected chi connectivity index (χ4v) is 3.95. The first-order valence-corrected chi connectivity index (χ1v) is 11.3. The number of methoxy groups -OCH3 is 1. The van der Waals surface area contributed by atoms with Crippen molar-refractivity contribution in [1.82, 2.24) is 10.6 Å². The van der Waals surface area contributed by atoms with Gasteiger partial charge in [-0.15, -0.1) is 0 Å². The van der Waals surface area contributed by atoms with Crippen LogP contribution in [0.2, 0.25) is 0 Å². The fourth-order valence-electron chi connectivity index (χ4n) is 3.95. The van der Waals surface area contributed by atoms with Gasteiger partial charge in [0.1, 0.15) is 5.60 Å². The minimum atomic E-state index is -0.510. The Balaban J connectivity index is 1.75. The van der Waals surface area contributed by atoms with Gasteiger partial charge in [-0.25, -0.2) is 4.79 Å². The number of carbonyl (C=O) groups excluding carboxylic acids is 1. The molecule has 1 aliphatic carbocycles. The van der Waals surface area contributed by atoms with Gasteiger partial charge in [0.2, 0.25) is 0 Å². The highest BCUT2D eigenvalue weighted by molar-refractivity contribution is 5.84. The molecule has 0 aliphatic heterocycles. The van der Waals surface area contributed by atoms with Crippen molar-refractivity contribution in [1.29, 1.82) is 0 Å². The van der Waals surface area contributed by atoms with E-state index in [1.165, 1.54) is 31.2 Å². The molecule has 3 N–H and O–H groups in total. The topological polar surface area (TPSA) is 84.0 Å². The number of hydrogen-bond donors (Lipinski definition) is 3. The van der Waals surface area contributed by atoms with E-state index in [0.717, 1.165) is 44.2 Å². The van der Waals surface area contributed by atoms with E-state index in [1.807, 2.05) is 52.1 Å². The molecule has 0 aromatic heterocycles. The largest absolute Gasteiger partial charge is 0.444 e. The molecule has 2 rings (SSSR count). The Morgan fingerprint density at radius 3 is 2.39 bits per heavy atom. The molecule has 174 valence electrons. The maximum absolute atomic E-state index is 11.9. The van der Waals surface area contributed by atoms with Gasteiger partial charge < -0.3 is 20.1 Å². The number of nitrogens with one attached hydrogen (secondary N) is 3. The number of anilines is 1. The smallest absolute Gasteiger partial charge is 0.412 e. The number of benzene rings is 1. The third kappa shape index (κ3) is 9.17. The molecule has 1 amide bonds. The summed E-state index contributed by atoms with van der Waals surface area (Å²) in [7, 11) is 3.58. The zero-order valence-electron chi connectivity index (χ0n) is 19.8. The summed E-state index contributed by atoms with van der Waals surface area (Å²) < 4.78 is 10.6. The average Bonchev–Trinajstić information content (AvgIpc) is 3.18. The quantitative estimate of drug-likeness (QED) is 0.399. The van der Waals surface area contributed by atoms with Crippen LogP contribution < -0.4 is 16.0 Å². The van der Waals surface area contributed by atoms with E-state index in [9.17, 15) is 4.79 Å². The third-order valence-electron chi connectivity index (χ3n) is 5.66. The summed E-state index contributed by atoms with van der Waals surface area (Å²) in [6.07, 6.45) is 6.63. The Kier molecular flexibility index (Phi) is 9.62. The maximum Gasteiger partial charge on any atom is 0.412 e. The number of guanidine groups is 1. The predicted molar refractivity (Wildman–Crippen MR) is 127 cm³/mol. The first-order valence-electron chi connectivity index (χ1n) is 11.3. The van der Waals surface area contributed by atoms with Crippen LogP contribution >= 0.6 is 0 Å². The van der Waals surface area contributed by atoms with Crippen molar-refractivity contribution in [3.8, 4) is 0 Å². The first kappa shape index (κ1) is 25.0. The Hall–Kier alpha value is -2.28. The molecule has 1 saturated carbocycles. The molecule has 1 aromatic rings. The van der Waals surface area contributed by atoms with E-state index in [2.05, 4.69) is 20.9 Å². The van der Waals surface area contributed by atoms with Crippen LogP contribution in [-0.4, -0.2) is 51.5 Å². The predicted octanol–water partition coefficient (Wildman–Crippen LogP) is 4.34. The number of aliphatic imine (C=N–C) groups is 1. The van der Waals surface area contributed by atoms with Crippen molar-refractivity contribution >= 4 is 17.7 Å². The second kappa shape index (κ2) is 11.9. The minimum absolute atomic E-state index is 0.324. The molecular formula is C24H40N4O3. The van der Waals surface area contributed by atoms with Crippen LogP contribution in [-0.2, 0) is 15.9 Å². The number of rotatable bonds is 9. The summed E-state index contributed by atoms with van der Waals surface area (Å²) in [5.74, 6) is 0.840. The van der Waals surface area contributed by atoms with Crippen molar-refractivity contribution in [2.24, 2.45) is 10.4 Å². The lowest BCUT2D eigenvalue weighted by atomic mass is 9.83. The Morgan fingerprint density at radius 2 is 1.81 bits per heavy atom. The summed E-state index contributed by atoms with van der Waals surface area (Å²) in [6, 6.07) is 7.82. The fraction of sp³-hybridized carbons (Fsp3) is 0.667. The first-order chi connectivity index (χ1) is 14.8. The van der Waals surface area contributed by atoms with E-state index in [0.29, 0.717) is 5.41 Å². The molecule has 0 atom stereocenters. The molecule has 0 saturated heterocycles. The van der Waals surface area contributed by atoms with Gasteiger partial charge in [-0.05, 0) is 69.6 Å². The summed E-state index contributed by atoms with van der Waals surface area (Å²) in [6.45, 7) is 8.06. The van der Waals surface area contributed by atoms with Crippen LogP contribution in [0.15, 0.2) is 29.3 Å². The van der Waals surface area contributed by atoms with E-state index in [4.69, 9.17) is 9.47 Å². The van der Waals surface area contributed by atoms with E-state index in [-0.39, 0.29) is 0 Å². The van der Waals surface area contributed by atoms with Gasteiger partial charge in [0, 0.05) is 39.5 Å². The van der Waals surface area contributed by atoms with Gasteiger partial charge in [-0.2, -0.15) is 0 Å². The zero-order chi connectivity index (χ0) is 22.7. The van der Waals surface area contributed by atoms with Crippen LogP contribution in [0.5, 0.6) is 0 Å². The molecule has 1 aliphatic rings. The summed E-state index contributed by atoms with van der Waals surface area (Å²) in [5, 5.41) is 9.68. The molecule has 0 heterocycles. The molecule has 7 heteroatoms. The van der Waals surface area contributed by atoms with Crippen LogP contribution in [0.1, 0.15) is 58.4 Å². The lowest BCUT2D eigenvalue weighted by Crippen LogP contribution is -2.43. The monoisotopic (exact) mass is 432 g/mol. The Morgan fingerprint density at radius 1 is 1.13 bits per heavy atom. The van der Waals surface area contributed by atoms with E-state index >= 15 is 0 Å². The second-order valence-corrected chi connectivity index (χ2v) is 9.38. The van der Waals surface area contributed by atoms with Crippen molar-refractivity contribution in [2.45, 2.75) is 64.9 Å². The number of amides is 1. The molecule has 1 aromatic carbocycles. The van der Waals surface area contributed by atoms with Gasteiger partial charge in [0.25, 0.3) is 0 Å². The Labute approximate surface area is 187 Å². The van der Waals surface area contributed by atoms with Crippen molar-refractivity contribution in [3.05, 3.63) is 29.8 Å². The highest BCUT2D eigenvalue weighted by Crippen LogP contribution is 2.40. The van der Waals surface area contributed by atoms with Gasteiger partial charge in [0.15, 0.2) is 5.96 Å². The van der Waals surface area contributed by atoms with Crippen molar-refractivity contribution < 1.29 is 14.3 Å². The maximum atomic E-state index is 11.9. The normalized spacial score (nSPS) is 16.1. The SMILES string of the molecule is CN=C(NCCc1ccc(NC(=O)OC(C)(C)C)cc1)NCC1(CCOC)CCCC1. The van der Waals surface area contributed by atoms with Gasteiger partial charge in [-0.3, -0.25) is 10.3 Å². The average molecular weight is 433 g/mol. The van der Waals surface area contributed by atoms with Gasteiger partial charge in [0.05, 0.1) is 0 Å². The second-order valence-electron chi connectivity index (χ2n) is 9.38. The number of ether oxygens (including phenoxy) is 2. The minimum Gasteiger partial charge on any atom is -0.444 e. The lowest BCUT2D eigenvalue weighted by Gasteiger charge is -2.30. The zero-order valence-corrected chi connectivity index (χ0v) is 19.8. The third-order valence-corrected chi connectivity index (χ3v) is 5.66. The molecule has 1 fully saturated rings. The van der Waals surface area contributed by atoms with Crippen molar-refractivity contribution in [3.63, 3.8) is 0 Å².